The lowest BCUT2D eigenvalue weighted by Gasteiger charge is -2.17. The lowest BCUT2D eigenvalue weighted by atomic mass is 10.0. The highest BCUT2D eigenvalue weighted by Crippen LogP contribution is 2.32. The minimum atomic E-state index is -0.720. The summed E-state index contributed by atoms with van der Waals surface area (Å²) in [5.74, 6) is -1.11. The Morgan fingerprint density at radius 1 is 0.524 bits per heavy atom. The molecule has 14 heteroatoms. The third-order valence-electron chi connectivity index (χ3n) is 9.83. The molecule has 4 atom stereocenters. The molecule has 0 aliphatic carbocycles. The molecule has 2 aliphatic rings. The summed E-state index contributed by atoms with van der Waals surface area (Å²) in [6.45, 7) is 8.40. The van der Waals surface area contributed by atoms with Crippen LogP contribution < -0.4 is 14.2 Å². The smallest absolute Gasteiger partial charge is 0.343 e. The Balaban J connectivity index is 0.884. The van der Waals surface area contributed by atoms with Gasteiger partial charge in [0.25, 0.3) is 0 Å². The van der Waals surface area contributed by atoms with Gasteiger partial charge < -0.3 is 42.6 Å². The predicted molar refractivity (Wildman–Crippen MR) is 229 cm³/mol. The molecule has 0 aromatic heterocycles. The number of rotatable bonds is 22. The fourth-order valence-corrected chi connectivity index (χ4v) is 6.48. The Bertz CT molecular complexity index is 2210. The fourth-order valence-electron chi connectivity index (χ4n) is 6.48. The first-order valence-corrected chi connectivity index (χ1v) is 20.5. The van der Waals surface area contributed by atoms with Gasteiger partial charge in [0.1, 0.15) is 29.5 Å². The zero-order valence-electron chi connectivity index (χ0n) is 34.6. The average molecular weight is 861 g/mol. The highest BCUT2D eigenvalue weighted by molar-refractivity contribution is 5.92. The molecule has 0 unspecified atom stereocenters. The third-order valence-corrected chi connectivity index (χ3v) is 9.83. The van der Waals surface area contributed by atoms with Crippen LogP contribution in [0.5, 0.6) is 17.2 Å². The highest BCUT2D eigenvalue weighted by Gasteiger charge is 2.51. The van der Waals surface area contributed by atoms with Crippen LogP contribution in [0.15, 0.2) is 128 Å². The van der Waals surface area contributed by atoms with Crippen LogP contribution in [-0.2, 0) is 42.8 Å². The number of hydrogen-bond donors (Lipinski definition) is 0. The zero-order chi connectivity index (χ0) is 44.4. The molecule has 4 aromatic rings. The topological polar surface area (TPSA) is 168 Å². The lowest BCUT2D eigenvalue weighted by Crippen LogP contribution is -2.35. The maximum atomic E-state index is 13.0. The van der Waals surface area contributed by atoms with Crippen molar-refractivity contribution in [2.45, 2.75) is 50.1 Å². The highest BCUT2D eigenvalue weighted by atomic mass is 16.7. The largest absolute Gasteiger partial charge is 0.494 e. The molecule has 0 saturated carbocycles. The van der Waals surface area contributed by atoms with Gasteiger partial charge in [-0.3, -0.25) is 0 Å². The number of ether oxygens (including phenoxy) is 9. The minimum Gasteiger partial charge on any atom is -0.494 e. The minimum absolute atomic E-state index is 0.0659. The molecular formula is C49H48O14. The average Bonchev–Trinajstić information content (AvgIpc) is 3.91. The van der Waals surface area contributed by atoms with Gasteiger partial charge in [-0.15, -0.1) is 0 Å². The first-order valence-electron chi connectivity index (χ1n) is 20.5. The maximum absolute atomic E-state index is 13.0. The van der Waals surface area contributed by atoms with Crippen molar-refractivity contribution in [3.63, 3.8) is 0 Å². The van der Waals surface area contributed by atoms with Crippen molar-refractivity contribution in [1.29, 1.82) is 0 Å². The monoisotopic (exact) mass is 860 g/mol. The second kappa shape index (κ2) is 23.3. The van der Waals surface area contributed by atoms with Crippen molar-refractivity contribution in [2.24, 2.45) is 0 Å². The lowest BCUT2D eigenvalue weighted by molar-refractivity contribution is -0.147. The van der Waals surface area contributed by atoms with E-state index in [1.54, 1.807) is 30.3 Å². The molecule has 4 aromatic carbocycles. The molecule has 63 heavy (non-hydrogen) atoms. The maximum Gasteiger partial charge on any atom is 0.343 e. The molecule has 0 bridgehead atoms. The van der Waals surface area contributed by atoms with Crippen molar-refractivity contribution >= 4 is 35.9 Å². The van der Waals surface area contributed by atoms with E-state index in [0.29, 0.717) is 50.4 Å². The molecule has 0 amide bonds. The van der Waals surface area contributed by atoms with Crippen molar-refractivity contribution in [3.05, 3.63) is 145 Å². The number of fused-ring (bicyclic) bond motifs is 1. The van der Waals surface area contributed by atoms with Crippen molar-refractivity contribution < 1.29 is 66.6 Å². The van der Waals surface area contributed by atoms with E-state index in [0.717, 1.165) is 41.0 Å². The van der Waals surface area contributed by atoms with E-state index in [-0.39, 0.29) is 31.1 Å². The number of esters is 5. The number of hydrogen-bond acceptors (Lipinski definition) is 14. The predicted octanol–water partition coefficient (Wildman–Crippen LogP) is 7.30. The van der Waals surface area contributed by atoms with E-state index in [1.807, 2.05) is 48.5 Å². The molecule has 0 N–H and O–H groups in total. The third kappa shape index (κ3) is 13.7. The molecule has 6 rings (SSSR count). The summed E-state index contributed by atoms with van der Waals surface area (Å²) in [5.41, 5.74) is 3.34. The summed E-state index contributed by atoms with van der Waals surface area (Å²) in [5, 5.41) is 0. The van der Waals surface area contributed by atoms with Gasteiger partial charge >= 0.3 is 29.8 Å². The molecular weight excluding hydrogens is 813 g/mol. The summed E-state index contributed by atoms with van der Waals surface area (Å²) in [6.07, 6.45) is 5.40. The summed E-state index contributed by atoms with van der Waals surface area (Å²) in [6, 6.07) is 27.9. The van der Waals surface area contributed by atoms with Crippen LogP contribution in [0.3, 0.4) is 0 Å². The van der Waals surface area contributed by atoms with Crippen LogP contribution in [0.25, 0.3) is 17.2 Å². The molecule has 2 heterocycles. The Morgan fingerprint density at radius 3 is 1.49 bits per heavy atom. The van der Waals surface area contributed by atoms with Crippen molar-refractivity contribution in [2.75, 3.05) is 39.6 Å². The van der Waals surface area contributed by atoms with Gasteiger partial charge in [0.05, 0.1) is 50.8 Å². The zero-order valence-corrected chi connectivity index (χ0v) is 34.6. The standard InChI is InChI=1S/C49H48O14/c1-3-43(50)57-29-7-5-27-55-38-20-14-35(15-21-38)34-12-9-33(10-13-34)11-26-45(52)62-41-31-59-47-42(32-60-46(41)47)63-49(54)37-18-24-40(25-19-37)61-48(53)36-16-22-39(23-17-36)56-28-6-8-30-58-44(51)4-2/h3-4,9-26,41-42,46-47H,1-2,5-8,27-32H2/b26-11+/t41-,42+,46-,47-/m1/s1. The van der Waals surface area contributed by atoms with Crippen molar-refractivity contribution in [1.82, 2.24) is 0 Å². The van der Waals surface area contributed by atoms with Crippen LogP contribution in [0.1, 0.15) is 52.0 Å². The van der Waals surface area contributed by atoms with E-state index in [1.165, 1.54) is 30.3 Å². The Hall–Kier alpha value is -7.03. The Labute approximate surface area is 364 Å². The Kier molecular flexibility index (Phi) is 16.8. The summed E-state index contributed by atoms with van der Waals surface area (Å²) in [4.78, 5) is 60.7. The summed E-state index contributed by atoms with van der Waals surface area (Å²) < 4.78 is 49.9. The van der Waals surface area contributed by atoms with Crippen LogP contribution in [0, 0.1) is 0 Å². The SMILES string of the molecule is C=CC(=O)OCCCCOc1ccc(C(=O)Oc2ccc(C(=O)O[C@H]3CO[C@H]4[C@@H]3OC[C@H]4OC(=O)/C=C/c3ccc(-c4ccc(OCCCCOC(=O)C=C)cc4)cc3)cc2)cc1. The first kappa shape index (κ1) is 45.5. The Morgan fingerprint density at radius 2 is 0.968 bits per heavy atom. The summed E-state index contributed by atoms with van der Waals surface area (Å²) >= 11 is 0. The second-order valence-electron chi connectivity index (χ2n) is 14.3. The van der Waals surface area contributed by atoms with E-state index in [9.17, 15) is 24.0 Å². The van der Waals surface area contributed by atoms with Crippen LogP contribution in [-0.4, -0.2) is 93.9 Å². The van der Waals surface area contributed by atoms with E-state index in [4.69, 9.17) is 42.6 Å². The van der Waals surface area contributed by atoms with E-state index >= 15 is 0 Å². The quantitative estimate of drug-likeness (QED) is 0.0254. The van der Waals surface area contributed by atoms with Crippen molar-refractivity contribution in [3.8, 4) is 28.4 Å². The van der Waals surface area contributed by atoms with E-state index in [2.05, 4.69) is 13.2 Å². The van der Waals surface area contributed by atoms with E-state index < -0.39 is 54.3 Å². The molecule has 2 saturated heterocycles. The number of carbonyl (C=O) groups is 5. The normalized spacial score (nSPS) is 17.5. The fraction of sp³-hybridized carbons (Fsp3) is 0.286. The van der Waals surface area contributed by atoms with Gasteiger partial charge in [-0.1, -0.05) is 49.6 Å². The molecule has 14 nitrogen and oxygen atoms in total. The van der Waals surface area contributed by atoms with Crippen LogP contribution in [0.4, 0.5) is 0 Å². The van der Waals surface area contributed by atoms with Crippen LogP contribution >= 0.6 is 0 Å². The van der Waals surface area contributed by atoms with Crippen LogP contribution in [0.2, 0.25) is 0 Å². The molecule has 328 valence electrons. The second-order valence-corrected chi connectivity index (χ2v) is 14.3. The number of benzene rings is 4. The first-order chi connectivity index (χ1) is 30.7. The number of unbranched alkanes of at least 4 members (excludes halogenated alkanes) is 2. The molecule has 2 fully saturated rings. The molecule has 0 radical (unpaired) electrons. The van der Waals surface area contributed by atoms with Gasteiger partial charge in [-0.2, -0.15) is 0 Å². The van der Waals surface area contributed by atoms with Gasteiger partial charge in [0.15, 0.2) is 12.2 Å². The number of carbonyl (C=O) groups excluding carboxylic acids is 5. The van der Waals surface area contributed by atoms with Gasteiger partial charge in [-0.05, 0) is 109 Å². The molecule has 2 aliphatic heterocycles. The summed E-state index contributed by atoms with van der Waals surface area (Å²) in [7, 11) is 0. The van der Waals surface area contributed by atoms with Gasteiger partial charge in [-0.25, -0.2) is 24.0 Å². The van der Waals surface area contributed by atoms with Gasteiger partial charge in [0, 0.05) is 18.2 Å². The molecule has 0 spiro atoms. The van der Waals surface area contributed by atoms with Gasteiger partial charge in [0.2, 0.25) is 0 Å².